The van der Waals surface area contributed by atoms with Gasteiger partial charge in [0.05, 0.1) is 25.0 Å². The van der Waals surface area contributed by atoms with E-state index >= 15 is 0 Å². The molecule has 1 radical (unpaired) electrons. The van der Waals surface area contributed by atoms with Crippen LogP contribution < -0.4 is 4.74 Å². The van der Waals surface area contributed by atoms with Crippen LogP contribution >= 0.6 is 23.5 Å². The minimum Gasteiger partial charge on any atom is -0.507 e. The Labute approximate surface area is 266 Å². The number of ether oxygens (including phenoxy) is 2. The van der Waals surface area contributed by atoms with Crippen molar-refractivity contribution < 1.29 is 24.2 Å². The molecule has 40 heavy (non-hydrogen) atoms. The molecule has 0 aliphatic heterocycles. The summed E-state index contributed by atoms with van der Waals surface area (Å²) in [5, 5.41) is 24.7. The summed E-state index contributed by atoms with van der Waals surface area (Å²) in [6.45, 7) is 6.04. The minimum atomic E-state index is -0.228. The normalized spacial score (nSPS) is 12.3. The molecule has 0 fully saturated rings. The summed E-state index contributed by atoms with van der Waals surface area (Å²) in [6, 6.07) is 11.8. The number of aromatic hydroxyl groups is 1. The van der Waals surface area contributed by atoms with Gasteiger partial charge in [-0.3, -0.25) is 9.59 Å². The first-order chi connectivity index (χ1) is 18.8. The number of H-pyrrole nitrogens is 1. The molecule has 0 bridgehead atoms. The molecule has 0 spiro atoms. The summed E-state index contributed by atoms with van der Waals surface area (Å²) in [4.78, 5) is 24.8. The van der Waals surface area contributed by atoms with Gasteiger partial charge >= 0.3 is 5.97 Å². The van der Waals surface area contributed by atoms with Crippen LogP contribution in [-0.4, -0.2) is 86.5 Å². The molecule has 2 unspecified atom stereocenters. The first-order valence-corrected chi connectivity index (χ1v) is 15.0. The standard InChI is InChI=1S/C28H36N4O5S2.Na/c1-5-7-23-24(13-12-22(19(3)33)27(23)35)37-14-6-15-38-21-10-8-20(9-11-21)28(18(2)16-26(34)36-4)39-17-25-29-31-32-30-25;/h8-13,18,28,35H,5-7,14-17H2,1-4H3,(H,29,30,31,32);. The number of benzene rings is 2. The fraction of sp³-hybridized carbons (Fsp3) is 0.464. The van der Waals surface area contributed by atoms with Crippen molar-refractivity contribution >= 4 is 64.8 Å². The van der Waals surface area contributed by atoms with Crippen LogP contribution in [0.2, 0.25) is 0 Å². The van der Waals surface area contributed by atoms with E-state index in [9.17, 15) is 14.7 Å². The number of carbonyl (C=O) groups is 2. The van der Waals surface area contributed by atoms with Gasteiger partial charge in [-0.15, -0.1) is 33.7 Å². The number of nitrogens with one attached hydrogen (secondary N) is 1. The maximum atomic E-state index is 11.9. The van der Waals surface area contributed by atoms with Gasteiger partial charge in [-0.2, -0.15) is 5.21 Å². The molecule has 3 rings (SSSR count). The van der Waals surface area contributed by atoms with E-state index in [1.165, 1.54) is 14.0 Å². The van der Waals surface area contributed by atoms with Crippen molar-refractivity contribution in [3.05, 3.63) is 58.9 Å². The van der Waals surface area contributed by atoms with Gasteiger partial charge in [-0.25, -0.2) is 0 Å². The van der Waals surface area contributed by atoms with Crippen LogP contribution in [0.5, 0.6) is 11.5 Å². The SMILES string of the molecule is CCCc1c(OCCCSc2ccc(C(SCc3nn[nH]n3)C(C)CC(=O)OC)cc2)ccc(C(C)=O)c1O.[Na]. The molecule has 0 aliphatic rings. The number of esters is 1. The molecule has 2 aromatic carbocycles. The Kier molecular flexibility index (Phi) is 15.1. The zero-order valence-corrected chi connectivity index (χ0v) is 27.4. The van der Waals surface area contributed by atoms with E-state index in [2.05, 4.69) is 44.9 Å². The Morgan fingerprint density at radius 2 is 1.90 bits per heavy atom. The van der Waals surface area contributed by atoms with Gasteiger partial charge < -0.3 is 14.6 Å². The summed E-state index contributed by atoms with van der Waals surface area (Å²) in [7, 11) is 1.41. The van der Waals surface area contributed by atoms with Crippen molar-refractivity contribution in [2.45, 2.75) is 62.4 Å². The van der Waals surface area contributed by atoms with Crippen LogP contribution in [0.1, 0.15) is 72.6 Å². The van der Waals surface area contributed by atoms with Gasteiger partial charge in [0.25, 0.3) is 0 Å². The van der Waals surface area contributed by atoms with Crippen LogP contribution in [0.4, 0.5) is 0 Å². The molecule has 2 N–H and O–H groups in total. The van der Waals surface area contributed by atoms with Crippen molar-refractivity contribution in [3.63, 3.8) is 0 Å². The minimum absolute atomic E-state index is 0. The Balaban J connectivity index is 0.00000560. The number of Topliss-reactive ketones (excluding diaryl/α,β-unsaturated/α-hetero) is 1. The third kappa shape index (κ3) is 10.1. The second-order valence-electron chi connectivity index (χ2n) is 9.18. The van der Waals surface area contributed by atoms with E-state index < -0.39 is 0 Å². The largest absolute Gasteiger partial charge is 0.507 e. The molecule has 1 aromatic heterocycles. The molecule has 0 saturated carbocycles. The first-order valence-electron chi connectivity index (χ1n) is 13.0. The molecule has 3 aromatic rings. The van der Waals surface area contributed by atoms with E-state index in [0.717, 1.165) is 29.1 Å². The number of tetrazole rings is 1. The number of phenolic OH excluding ortho intramolecular Hbond substituents is 1. The molecular formula is C28H36N4NaO5S2. The van der Waals surface area contributed by atoms with Crippen LogP contribution in [-0.2, 0) is 21.7 Å². The van der Waals surface area contributed by atoms with Crippen LogP contribution in [0.15, 0.2) is 41.3 Å². The number of nitrogens with zero attached hydrogens (tertiary/aromatic N) is 3. The molecule has 12 heteroatoms. The maximum absolute atomic E-state index is 11.9. The van der Waals surface area contributed by atoms with E-state index in [1.807, 2.05) is 13.8 Å². The van der Waals surface area contributed by atoms with Crippen molar-refractivity contribution in [3.8, 4) is 11.5 Å². The average molecular weight is 596 g/mol. The zero-order valence-electron chi connectivity index (χ0n) is 23.8. The summed E-state index contributed by atoms with van der Waals surface area (Å²) in [5.74, 6) is 2.42. The number of hydrogen-bond acceptors (Lipinski definition) is 10. The molecule has 211 valence electrons. The number of ketones is 1. The van der Waals surface area contributed by atoms with Crippen LogP contribution in [0, 0.1) is 5.92 Å². The number of thioether (sulfide) groups is 2. The molecule has 1 heterocycles. The average Bonchev–Trinajstić information content (AvgIpc) is 3.44. The Morgan fingerprint density at radius 1 is 1.15 bits per heavy atom. The van der Waals surface area contributed by atoms with E-state index in [0.29, 0.717) is 47.9 Å². The summed E-state index contributed by atoms with van der Waals surface area (Å²) in [6.07, 6.45) is 2.64. The van der Waals surface area contributed by atoms with Gasteiger partial charge in [0.1, 0.15) is 11.5 Å². The Hall–Kier alpha value is -2.05. The quantitative estimate of drug-likeness (QED) is 0.0729. The second kappa shape index (κ2) is 17.7. The predicted molar refractivity (Wildman–Crippen MR) is 159 cm³/mol. The molecule has 9 nitrogen and oxygen atoms in total. The molecular weight excluding hydrogens is 559 g/mol. The third-order valence-electron chi connectivity index (χ3n) is 6.16. The molecule has 0 aliphatic carbocycles. The van der Waals surface area contributed by atoms with E-state index in [-0.39, 0.29) is 58.2 Å². The number of methoxy groups -OCH3 is 1. The summed E-state index contributed by atoms with van der Waals surface area (Å²) in [5.41, 5.74) is 2.16. The number of aromatic amines is 1. The van der Waals surface area contributed by atoms with Crippen LogP contribution in [0.25, 0.3) is 0 Å². The number of hydrogen-bond donors (Lipinski definition) is 2. The fourth-order valence-corrected chi connectivity index (χ4v) is 6.22. The van der Waals surface area contributed by atoms with Crippen molar-refractivity contribution in [1.29, 1.82) is 0 Å². The number of carbonyl (C=O) groups excluding carboxylic acids is 2. The van der Waals surface area contributed by atoms with Gasteiger partial charge in [0.2, 0.25) is 0 Å². The fourth-order valence-electron chi connectivity index (χ4n) is 4.16. The number of aromatic nitrogens is 4. The van der Waals surface area contributed by atoms with E-state index in [1.54, 1.807) is 35.7 Å². The van der Waals surface area contributed by atoms with Crippen molar-refractivity contribution in [1.82, 2.24) is 20.6 Å². The first kappa shape index (κ1) is 34.2. The molecule has 0 saturated heterocycles. The van der Waals surface area contributed by atoms with Crippen molar-refractivity contribution in [2.75, 3.05) is 19.5 Å². The van der Waals surface area contributed by atoms with Gasteiger partial charge in [-0.05, 0) is 55.5 Å². The monoisotopic (exact) mass is 595 g/mol. The topological polar surface area (TPSA) is 127 Å². The van der Waals surface area contributed by atoms with E-state index in [4.69, 9.17) is 9.47 Å². The van der Waals surface area contributed by atoms with Crippen molar-refractivity contribution in [2.24, 2.45) is 5.92 Å². The summed E-state index contributed by atoms with van der Waals surface area (Å²) < 4.78 is 10.9. The molecule has 0 amide bonds. The van der Waals surface area contributed by atoms with Gasteiger partial charge in [-0.1, -0.05) is 37.6 Å². The third-order valence-corrected chi connectivity index (χ3v) is 8.78. The zero-order chi connectivity index (χ0) is 28.2. The maximum Gasteiger partial charge on any atom is 0.305 e. The number of rotatable bonds is 16. The Morgan fingerprint density at radius 3 is 2.52 bits per heavy atom. The van der Waals surface area contributed by atoms with Gasteiger partial charge in [0, 0.05) is 57.4 Å². The van der Waals surface area contributed by atoms with Gasteiger partial charge in [0.15, 0.2) is 11.6 Å². The Bertz CT molecular complexity index is 1210. The molecule has 2 atom stereocenters. The second-order valence-corrected chi connectivity index (χ2v) is 11.5. The predicted octanol–water partition coefficient (Wildman–Crippen LogP) is 5.41. The van der Waals surface area contributed by atoms with Crippen LogP contribution in [0.3, 0.4) is 0 Å². The smallest absolute Gasteiger partial charge is 0.305 e. The number of phenols is 1. The summed E-state index contributed by atoms with van der Waals surface area (Å²) >= 11 is 3.42.